The molecule has 0 aliphatic carbocycles. The number of methoxy groups -OCH3 is 1. The Labute approximate surface area is 155 Å². The van der Waals surface area contributed by atoms with Gasteiger partial charge in [-0.05, 0) is 30.3 Å². The van der Waals surface area contributed by atoms with Gasteiger partial charge in [-0.1, -0.05) is 12.1 Å². The third-order valence-electron chi connectivity index (χ3n) is 4.17. The molecule has 1 saturated heterocycles. The summed E-state index contributed by atoms with van der Waals surface area (Å²) in [5, 5.41) is 1.17. The molecular formula is C19H18N2O4S. The topological polar surface area (TPSA) is 60.4 Å². The number of para-hydroxylation sites is 1. The van der Waals surface area contributed by atoms with E-state index in [0.29, 0.717) is 17.0 Å². The van der Waals surface area contributed by atoms with Gasteiger partial charge in [0, 0.05) is 18.0 Å². The maximum Gasteiger partial charge on any atom is 0.363 e. The van der Waals surface area contributed by atoms with Crippen LogP contribution in [0.25, 0.3) is 6.08 Å². The normalized spacial score (nSPS) is 18.8. The Hall–Kier alpha value is -2.64. The average molecular weight is 370 g/mol. The SMILES string of the molecule is COc1ccccc1C1=N/C(=C/c2ccc(N3CCOCC3)s2)C(=O)O1. The number of rotatable bonds is 4. The summed E-state index contributed by atoms with van der Waals surface area (Å²) in [5.41, 5.74) is 0.952. The molecule has 2 aliphatic heterocycles. The van der Waals surface area contributed by atoms with E-state index < -0.39 is 5.97 Å². The Morgan fingerprint density at radius 1 is 1.19 bits per heavy atom. The monoisotopic (exact) mass is 370 g/mol. The van der Waals surface area contributed by atoms with Crippen LogP contribution in [0.2, 0.25) is 0 Å². The lowest BCUT2D eigenvalue weighted by molar-refractivity contribution is -0.129. The fourth-order valence-corrected chi connectivity index (χ4v) is 3.85. The summed E-state index contributed by atoms with van der Waals surface area (Å²) in [6, 6.07) is 11.4. The molecule has 0 spiro atoms. The lowest BCUT2D eigenvalue weighted by Crippen LogP contribution is -2.35. The predicted octanol–water partition coefficient (Wildman–Crippen LogP) is 2.94. The van der Waals surface area contributed by atoms with Crippen LogP contribution in [0.15, 0.2) is 47.1 Å². The molecule has 0 unspecified atom stereocenters. The number of thiophene rings is 1. The fourth-order valence-electron chi connectivity index (χ4n) is 2.85. The van der Waals surface area contributed by atoms with Crippen molar-refractivity contribution in [3.05, 3.63) is 52.5 Å². The van der Waals surface area contributed by atoms with Crippen LogP contribution in [-0.4, -0.2) is 45.3 Å². The highest BCUT2D eigenvalue weighted by molar-refractivity contribution is 7.16. The Bertz CT molecular complexity index is 881. The molecule has 4 rings (SSSR count). The number of morpholine rings is 1. The van der Waals surface area contributed by atoms with Crippen molar-refractivity contribution in [1.29, 1.82) is 0 Å². The zero-order chi connectivity index (χ0) is 17.9. The van der Waals surface area contributed by atoms with Gasteiger partial charge in [0.15, 0.2) is 5.70 Å². The number of esters is 1. The number of cyclic esters (lactones) is 1. The number of hydrogen-bond donors (Lipinski definition) is 0. The standard InChI is InChI=1S/C19H18N2O4S/c1-23-16-5-3-2-4-14(16)18-20-15(19(22)25-18)12-13-6-7-17(26-13)21-8-10-24-11-9-21/h2-7,12H,8-11H2,1H3/b15-12+. The largest absolute Gasteiger partial charge is 0.496 e. The summed E-state index contributed by atoms with van der Waals surface area (Å²) < 4.78 is 16.0. The molecule has 1 aromatic heterocycles. The first kappa shape index (κ1) is 16.8. The van der Waals surface area contributed by atoms with Gasteiger partial charge in [0.2, 0.25) is 5.90 Å². The second-order valence-electron chi connectivity index (χ2n) is 5.81. The number of hydrogen-bond acceptors (Lipinski definition) is 7. The molecule has 2 aliphatic rings. The van der Waals surface area contributed by atoms with Crippen molar-refractivity contribution in [3.63, 3.8) is 0 Å². The second-order valence-corrected chi connectivity index (χ2v) is 6.91. The van der Waals surface area contributed by atoms with Crippen LogP contribution in [0.4, 0.5) is 5.00 Å². The molecule has 3 heterocycles. The summed E-state index contributed by atoms with van der Waals surface area (Å²) in [5.74, 6) is 0.432. The molecule has 0 atom stereocenters. The van der Waals surface area contributed by atoms with E-state index in [9.17, 15) is 4.79 Å². The number of ether oxygens (including phenoxy) is 3. The van der Waals surface area contributed by atoms with Crippen LogP contribution < -0.4 is 9.64 Å². The molecule has 0 radical (unpaired) electrons. The van der Waals surface area contributed by atoms with E-state index in [1.165, 1.54) is 5.00 Å². The third kappa shape index (κ3) is 3.36. The molecule has 0 N–H and O–H groups in total. The Kier molecular flexibility index (Phi) is 4.73. The molecule has 1 fully saturated rings. The molecule has 26 heavy (non-hydrogen) atoms. The number of aliphatic imine (C=N–C) groups is 1. The van der Waals surface area contributed by atoms with Crippen LogP contribution in [0.3, 0.4) is 0 Å². The van der Waals surface area contributed by atoms with Gasteiger partial charge in [0.1, 0.15) is 5.75 Å². The van der Waals surface area contributed by atoms with Crippen molar-refractivity contribution in [2.75, 3.05) is 38.3 Å². The van der Waals surface area contributed by atoms with E-state index in [4.69, 9.17) is 14.2 Å². The zero-order valence-corrected chi connectivity index (χ0v) is 15.1. The van der Waals surface area contributed by atoms with E-state index in [1.54, 1.807) is 30.6 Å². The minimum Gasteiger partial charge on any atom is -0.496 e. The van der Waals surface area contributed by atoms with Gasteiger partial charge >= 0.3 is 5.97 Å². The van der Waals surface area contributed by atoms with Gasteiger partial charge in [-0.25, -0.2) is 9.79 Å². The highest BCUT2D eigenvalue weighted by Gasteiger charge is 2.26. The van der Waals surface area contributed by atoms with Crippen molar-refractivity contribution in [1.82, 2.24) is 0 Å². The number of nitrogens with zero attached hydrogens (tertiary/aromatic N) is 2. The first-order valence-electron chi connectivity index (χ1n) is 8.33. The summed E-state index contributed by atoms with van der Waals surface area (Å²) in [6.07, 6.45) is 1.76. The molecule has 0 bridgehead atoms. The van der Waals surface area contributed by atoms with Gasteiger partial charge in [0.05, 0.1) is 30.9 Å². The minimum atomic E-state index is -0.452. The van der Waals surface area contributed by atoms with Gasteiger partial charge in [-0.2, -0.15) is 0 Å². The van der Waals surface area contributed by atoms with Crippen LogP contribution in [0.1, 0.15) is 10.4 Å². The van der Waals surface area contributed by atoms with Crippen LogP contribution in [0.5, 0.6) is 5.75 Å². The minimum absolute atomic E-state index is 0.267. The lowest BCUT2D eigenvalue weighted by atomic mass is 10.2. The summed E-state index contributed by atoms with van der Waals surface area (Å²) in [4.78, 5) is 19.8. The lowest BCUT2D eigenvalue weighted by Gasteiger charge is -2.27. The zero-order valence-electron chi connectivity index (χ0n) is 14.3. The van der Waals surface area contributed by atoms with E-state index in [0.717, 1.165) is 31.2 Å². The molecular weight excluding hydrogens is 352 g/mol. The second kappa shape index (κ2) is 7.31. The van der Waals surface area contributed by atoms with Gasteiger partial charge < -0.3 is 19.1 Å². The summed E-state index contributed by atoms with van der Waals surface area (Å²) in [6.45, 7) is 3.25. The van der Waals surface area contributed by atoms with Crippen molar-refractivity contribution >= 4 is 34.3 Å². The van der Waals surface area contributed by atoms with E-state index >= 15 is 0 Å². The quantitative estimate of drug-likeness (QED) is 0.612. The first-order chi connectivity index (χ1) is 12.7. The number of benzene rings is 1. The smallest absolute Gasteiger partial charge is 0.363 e. The van der Waals surface area contributed by atoms with Crippen molar-refractivity contribution in [3.8, 4) is 5.75 Å². The van der Waals surface area contributed by atoms with E-state index in [2.05, 4.69) is 16.0 Å². The van der Waals surface area contributed by atoms with Gasteiger partial charge in [-0.15, -0.1) is 11.3 Å². The third-order valence-corrected chi connectivity index (χ3v) is 5.27. The fraction of sp³-hybridized carbons (Fsp3) is 0.263. The van der Waals surface area contributed by atoms with Crippen LogP contribution in [-0.2, 0) is 14.3 Å². The van der Waals surface area contributed by atoms with E-state index in [1.807, 2.05) is 24.3 Å². The first-order valence-corrected chi connectivity index (χ1v) is 9.15. The number of anilines is 1. The highest BCUT2D eigenvalue weighted by atomic mass is 32.1. The molecule has 7 heteroatoms. The van der Waals surface area contributed by atoms with Crippen molar-refractivity contribution in [2.45, 2.75) is 0 Å². The van der Waals surface area contributed by atoms with Crippen molar-refractivity contribution < 1.29 is 19.0 Å². The van der Waals surface area contributed by atoms with Gasteiger partial charge in [-0.3, -0.25) is 0 Å². The number of carbonyl (C=O) groups is 1. The van der Waals surface area contributed by atoms with Gasteiger partial charge in [0.25, 0.3) is 0 Å². The Morgan fingerprint density at radius 2 is 2.00 bits per heavy atom. The molecule has 1 aromatic carbocycles. The molecule has 0 amide bonds. The van der Waals surface area contributed by atoms with Crippen molar-refractivity contribution in [2.24, 2.45) is 4.99 Å². The van der Waals surface area contributed by atoms with Crippen LogP contribution in [0, 0.1) is 0 Å². The molecule has 134 valence electrons. The maximum absolute atomic E-state index is 12.2. The highest BCUT2D eigenvalue weighted by Crippen LogP contribution is 2.30. The molecule has 2 aromatic rings. The molecule has 6 nitrogen and oxygen atoms in total. The Balaban J connectivity index is 1.58. The number of carbonyl (C=O) groups excluding carboxylic acids is 1. The van der Waals surface area contributed by atoms with E-state index in [-0.39, 0.29) is 5.90 Å². The Morgan fingerprint density at radius 3 is 2.81 bits per heavy atom. The summed E-state index contributed by atoms with van der Waals surface area (Å²) in [7, 11) is 1.58. The maximum atomic E-state index is 12.2. The summed E-state index contributed by atoms with van der Waals surface area (Å²) >= 11 is 1.63. The predicted molar refractivity (Wildman–Crippen MR) is 101 cm³/mol. The van der Waals surface area contributed by atoms with Crippen LogP contribution >= 0.6 is 11.3 Å². The average Bonchev–Trinajstić information content (AvgIpc) is 3.30. The molecule has 0 saturated carbocycles.